The number of amides is 1. The topological polar surface area (TPSA) is 38.3 Å². The van der Waals surface area contributed by atoms with Crippen molar-refractivity contribution in [2.75, 3.05) is 12.3 Å². The number of hydrogen-bond acceptors (Lipinski definition) is 3. The van der Waals surface area contributed by atoms with Gasteiger partial charge in [0.25, 0.3) is 5.91 Å². The van der Waals surface area contributed by atoms with Crippen LogP contribution in [0.4, 0.5) is 0 Å². The predicted molar refractivity (Wildman–Crippen MR) is 101 cm³/mol. The third-order valence-corrected chi connectivity index (χ3v) is 4.76. The lowest BCUT2D eigenvalue weighted by atomic mass is 10.1. The van der Waals surface area contributed by atoms with Gasteiger partial charge in [-0.05, 0) is 36.6 Å². The van der Waals surface area contributed by atoms with Crippen LogP contribution >= 0.6 is 11.8 Å². The number of nitrogens with one attached hydrogen (secondary N) is 1. The second-order valence-corrected chi connectivity index (χ2v) is 6.70. The van der Waals surface area contributed by atoms with Gasteiger partial charge >= 0.3 is 0 Å². The van der Waals surface area contributed by atoms with Crippen LogP contribution in [-0.2, 0) is 10.5 Å². The summed E-state index contributed by atoms with van der Waals surface area (Å²) in [5.74, 6) is 2.55. The summed E-state index contributed by atoms with van der Waals surface area (Å²) in [5, 5.41) is 2.97. The van der Waals surface area contributed by atoms with Crippen molar-refractivity contribution in [3.05, 3.63) is 65.7 Å². The molecule has 1 amide bonds. The van der Waals surface area contributed by atoms with Crippen molar-refractivity contribution in [3.8, 4) is 5.75 Å². The molecular weight excluding hydrogens is 318 g/mol. The van der Waals surface area contributed by atoms with Gasteiger partial charge in [0, 0.05) is 18.1 Å². The molecule has 2 aromatic carbocycles. The Labute approximate surface area is 148 Å². The molecule has 1 atom stereocenters. The molecule has 0 bridgehead atoms. The summed E-state index contributed by atoms with van der Waals surface area (Å²) >= 11 is 1.83. The van der Waals surface area contributed by atoms with E-state index >= 15 is 0 Å². The quantitative estimate of drug-likeness (QED) is 0.694. The highest BCUT2D eigenvalue weighted by atomic mass is 32.2. The summed E-state index contributed by atoms with van der Waals surface area (Å²) in [5.41, 5.74) is 2.67. The summed E-state index contributed by atoms with van der Waals surface area (Å²) in [6, 6.07) is 17.9. The highest BCUT2D eigenvalue weighted by Gasteiger charge is 2.17. The number of hydrogen-bond donors (Lipinski definition) is 1. The molecule has 4 heteroatoms. The van der Waals surface area contributed by atoms with E-state index in [1.54, 1.807) is 0 Å². The molecule has 128 valence electrons. The Balaban J connectivity index is 1.69. The van der Waals surface area contributed by atoms with Gasteiger partial charge in [-0.25, -0.2) is 0 Å². The highest BCUT2D eigenvalue weighted by Crippen LogP contribution is 2.15. The molecule has 0 spiro atoms. The molecule has 0 aliphatic heterocycles. The van der Waals surface area contributed by atoms with Crippen LogP contribution in [0.1, 0.15) is 24.5 Å². The molecule has 1 N–H and O–H groups in total. The van der Waals surface area contributed by atoms with E-state index in [4.69, 9.17) is 4.74 Å². The van der Waals surface area contributed by atoms with Gasteiger partial charge < -0.3 is 10.1 Å². The van der Waals surface area contributed by atoms with Crippen LogP contribution in [0.5, 0.6) is 5.75 Å². The van der Waals surface area contributed by atoms with Gasteiger partial charge in [0.2, 0.25) is 0 Å². The number of para-hydroxylation sites is 1. The molecule has 2 rings (SSSR count). The number of benzene rings is 2. The van der Waals surface area contributed by atoms with Gasteiger partial charge in [0.1, 0.15) is 5.75 Å². The normalized spacial score (nSPS) is 11.8. The smallest absolute Gasteiger partial charge is 0.261 e. The van der Waals surface area contributed by atoms with Gasteiger partial charge in [-0.3, -0.25) is 4.79 Å². The lowest BCUT2D eigenvalue weighted by Gasteiger charge is -2.17. The minimum absolute atomic E-state index is 0.0437. The Morgan fingerprint density at radius 2 is 1.83 bits per heavy atom. The lowest BCUT2D eigenvalue weighted by molar-refractivity contribution is -0.127. The molecule has 0 saturated heterocycles. The van der Waals surface area contributed by atoms with Crippen LogP contribution in [0.15, 0.2) is 54.6 Å². The molecule has 24 heavy (non-hydrogen) atoms. The zero-order valence-electron chi connectivity index (χ0n) is 14.3. The summed E-state index contributed by atoms with van der Waals surface area (Å²) in [6.07, 6.45) is 0.214. The van der Waals surface area contributed by atoms with Crippen molar-refractivity contribution >= 4 is 17.7 Å². The number of ether oxygens (including phenoxy) is 1. The van der Waals surface area contributed by atoms with E-state index in [-0.39, 0.29) is 5.91 Å². The van der Waals surface area contributed by atoms with E-state index in [0.717, 1.165) is 17.3 Å². The van der Waals surface area contributed by atoms with Gasteiger partial charge in [-0.15, -0.1) is 0 Å². The van der Waals surface area contributed by atoms with Crippen molar-refractivity contribution < 1.29 is 9.53 Å². The Bertz CT molecular complexity index is 631. The van der Waals surface area contributed by atoms with Crippen LogP contribution in [0, 0.1) is 6.92 Å². The van der Waals surface area contributed by atoms with Gasteiger partial charge in [0.05, 0.1) is 0 Å². The molecule has 0 aliphatic rings. The van der Waals surface area contributed by atoms with Crippen molar-refractivity contribution in [2.45, 2.75) is 32.1 Å². The first-order valence-corrected chi connectivity index (χ1v) is 9.48. The second kappa shape index (κ2) is 10.0. The van der Waals surface area contributed by atoms with E-state index in [1.165, 1.54) is 11.1 Å². The maximum Gasteiger partial charge on any atom is 0.261 e. The first kappa shape index (κ1) is 18.4. The summed E-state index contributed by atoms with van der Waals surface area (Å²) in [7, 11) is 0. The van der Waals surface area contributed by atoms with E-state index in [9.17, 15) is 4.79 Å². The average molecular weight is 343 g/mol. The molecular formula is C20H25NO2S. The largest absolute Gasteiger partial charge is 0.481 e. The molecule has 0 aliphatic carbocycles. The number of aryl methyl sites for hydroxylation is 1. The maximum atomic E-state index is 12.2. The average Bonchev–Trinajstić information content (AvgIpc) is 2.61. The number of carbonyl (C=O) groups excluding carboxylic acids is 1. The molecule has 0 unspecified atom stereocenters. The zero-order chi connectivity index (χ0) is 17.2. The third-order valence-electron chi connectivity index (χ3n) is 3.75. The Hall–Kier alpha value is -1.94. The number of rotatable bonds is 9. The van der Waals surface area contributed by atoms with Crippen molar-refractivity contribution in [2.24, 2.45) is 0 Å². The van der Waals surface area contributed by atoms with Gasteiger partial charge in [-0.1, -0.05) is 49.4 Å². The van der Waals surface area contributed by atoms with E-state index in [1.807, 2.05) is 49.0 Å². The third kappa shape index (κ3) is 5.93. The fraction of sp³-hybridized carbons (Fsp3) is 0.350. The lowest BCUT2D eigenvalue weighted by Crippen LogP contribution is -2.39. The molecule has 0 fully saturated rings. The zero-order valence-corrected chi connectivity index (χ0v) is 15.1. The van der Waals surface area contributed by atoms with Crippen molar-refractivity contribution in [1.29, 1.82) is 0 Å². The highest BCUT2D eigenvalue weighted by molar-refractivity contribution is 7.98. The van der Waals surface area contributed by atoms with Crippen molar-refractivity contribution in [1.82, 2.24) is 5.32 Å². The monoisotopic (exact) mass is 343 g/mol. The molecule has 2 aromatic rings. The first-order chi connectivity index (χ1) is 11.7. The van der Waals surface area contributed by atoms with Gasteiger partial charge in [0.15, 0.2) is 6.10 Å². The summed E-state index contributed by atoms with van der Waals surface area (Å²) < 4.78 is 5.75. The second-order valence-electron chi connectivity index (χ2n) is 5.60. The van der Waals surface area contributed by atoms with Crippen molar-refractivity contribution in [3.63, 3.8) is 0 Å². The fourth-order valence-corrected chi connectivity index (χ4v) is 3.23. The van der Waals surface area contributed by atoms with E-state index < -0.39 is 6.10 Å². The first-order valence-electron chi connectivity index (χ1n) is 8.32. The van der Waals surface area contributed by atoms with Crippen LogP contribution in [0.2, 0.25) is 0 Å². The SMILES string of the molecule is CC[C@@H](Oc1ccccc1)C(=O)NCCSCc1ccccc1C. The van der Waals surface area contributed by atoms with Crippen LogP contribution in [0.25, 0.3) is 0 Å². The van der Waals surface area contributed by atoms with E-state index in [2.05, 4.69) is 36.5 Å². The fourth-order valence-electron chi connectivity index (χ4n) is 2.30. The van der Waals surface area contributed by atoms with E-state index in [0.29, 0.717) is 13.0 Å². The number of carbonyl (C=O) groups is 1. The Morgan fingerprint density at radius 1 is 1.12 bits per heavy atom. The molecule has 0 saturated carbocycles. The minimum Gasteiger partial charge on any atom is -0.481 e. The molecule has 3 nitrogen and oxygen atoms in total. The number of thioether (sulfide) groups is 1. The Morgan fingerprint density at radius 3 is 2.54 bits per heavy atom. The maximum absolute atomic E-state index is 12.2. The van der Waals surface area contributed by atoms with Crippen LogP contribution in [-0.4, -0.2) is 24.3 Å². The minimum atomic E-state index is -0.436. The predicted octanol–water partition coefficient (Wildman–Crippen LogP) is 4.20. The summed E-state index contributed by atoms with van der Waals surface area (Å²) in [6.45, 7) is 4.74. The van der Waals surface area contributed by atoms with Crippen LogP contribution < -0.4 is 10.1 Å². The van der Waals surface area contributed by atoms with Gasteiger partial charge in [-0.2, -0.15) is 11.8 Å². The summed E-state index contributed by atoms with van der Waals surface area (Å²) in [4.78, 5) is 12.2. The molecule has 0 aromatic heterocycles. The Kier molecular flexibility index (Phi) is 7.69. The molecule has 0 heterocycles. The van der Waals surface area contributed by atoms with Crippen LogP contribution in [0.3, 0.4) is 0 Å². The molecule has 0 radical (unpaired) electrons. The standard InChI is InChI=1S/C20H25NO2S/c1-3-19(23-18-11-5-4-6-12-18)20(22)21-13-14-24-15-17-10-8-7-9-16(17)2/h4-12,19H,3,13-15H2,1-2H3,(H,21,22)/t19-/m1/s1.